The van der Waals surface area contributed by atoms with Crippen LogP contribution in [0.15, 0.2) is 29.2 Å². The average Bonchev–Trinajstić information content (AvgIpc) is 2.92. The number of halogens is 1. The SMILES string of the molecule is COCCOc1ccccc1S(=O)(=O)N1CCC(C)(CN)C1.Cl. The van der Waals surface area contributed by atoms with E-state index in [4.69, 9.17) is 15.2 Å². The first-order chi connectivity index (χ1) is 10.4. The molecule has 0 spiro atoms. The van der Waals surface area contributed by atoms with Gasteiger partial charge in [-0.05, 0) is 30.5 Å². The Bertz CT molecular complexity index is 611. The fraction of sp³-hybridized carbons (Fsp3) is 0.600. The van der Waals surface area contributed by atoms with Crippen molar-refractivity contribution in [1.82, 2.24) is 4.31 Å². The molecule has 0 aromatic heterocycles. The molecule has 1 fully saturated rings. The highest BCUT2D eigenvalue weighted by Gasteiger charge is 2.39. The molecule has 2 rings (SSSR count). The van der Waals surface area contributed by atoms with Crippen molar-refractivity contribution >= 4 is 22.4 Å². The zero-order valence-electron chi connectivity index (χ0n) is 13.5. The maximum Gasteiger partial charge on any atom is 0.246 e. The summed E-state index contributed by atoms with van der Waals surface area (Å²) in [5.41, 5.74) is 5.61. The quantitative estimate of drug-likeness (QED) is 0.741. The predicted molar refractivity (Wildman–Crippen MR) is 91.6 cm³/mol. The Morgan fingerprint density at radius 3 is 2.61 bits per heavy atom. The van der Waals surface area contributed by atoms with E-state index in [9.17, 15) is 8.42 Å². The third kappa shape index (κ3) is 4.58. The van der Waals surface area contributed by atoms with Crippen molar-refractivity contribution in [3.63, 3.8) is 0 Å². The van der Waals surface area contributed by atoms with Gasteiger partial charge in [0, 0.05) is 20.2 Å². The lowest BCUT2D eigenvalue weighted by molar-refractivity contribution is 0.144. The summed E-state index contributed by atoms with van der Waals surface area (Å²) in [6.45, 7) is 4.14. The van der Waals surface area contributed by atoms with Gasteiger partial charge in [-0.15, -0.1) is 12.4 Å². The molecule has 23 heavy (non-hydrogen) atoms. The summed E-state index contributed by atoms with van der Waals surface area (Å²) in [5.74, 6) is 0.362. The second-order valence-electron chi connectivity index (χ2n) is 5.89. The lowest BCUT2D eigenvalue weighted by Gasteiger charge is -2.23. The highest BCUT2D eigenvalue weighted by molar-refractivity contribution is 7.89. The number of sulfonamides is 1. The number of para-hydroxylation sites is 1. The Kier molecular flexibility index (Phi) is 7.29. The van der Waals surface area contributed by atoms with Gasteiger partial charge in [0.2, 0.25) is 10.0 Å². The van der Waals surface area contributed by atoms with Crippen molar-refractivity contribution in [3.05, 3.63) is 24.3 Å². The molecule has 1 aliphatic heterocycles. The highest BCUT2D eigenvalue weighted by Crippen LogP contribution is 2.35. The Balaban J connectivity index is 0.00000264. The van der Waals surface area contributed by atoms with Crippen LogP contribution in [0, 0.1) is 5.41 Å². The maximum atomic E-state index is 12.9. The third-order valence-corrected chi connectivity index (χ3v) is 5.91. The molecule has 2 N–H and O–H groups in total. The maximum absolute atomic E-state index is 12.9. The first-order valence-corrected chi connectivity index (χ1v) is 8.78. The van der Waals surface area contributed by atoms with Crippen LogP contribution in [-0.4, -0.2) is 52.7 Å². The molecular weight excluding hydrogens is 340 g/mol. The molecule has 8 heteroatoms. The van der Waals surface area contributed by atoms with Gasteiger partial charge in [-0.2, -0.15) is 4.31 Å². The van der Waals surface area contributed by atoms with Crippen LogP contribution in [0.25, 0.3) is 0 Å². The molecule has 0 radical (unpaired) electrons. The van der Waals surface area contributed by atoms with Gasteiger partial charge in [-0.1, -0.05) is 19.1 Å². The van der Waals surface area contributed by atoms with Gasteiger partial charge in [0.1, 0.15) is 17.3 Å². The zero-order chi connectivity index (χ0) is 16.2. The van der Waals surface area contributed by atoms with E-state index in [1.54, 1.807) is 31.4 Å². The lowest BCUT2D eigenvalue weighted by atomic mass is 9.90. The summed E-state index contributed by atoms with van der Waals surface area (Å²) in [6.07, 6.45) is 0.773. The van der Waals surface area contributed by atoms with Crippen LogP contribution < -0.4 is 10.5 Å². The van der Waals surface area contributed by atoms with E-state index < -0.39 is 10.0 Å². The molecule has 0 bridgehead atoms. The van der Waals surface area contributed by atoms with E-state index >= 15 is 0 Å². The van der Waals surface area contributed by atoms with Crippen molar-refractivity contribution in [3.8, 4) is 5.75 Å². The minimum absolute atomic E-state index is 0. The van der Waals surface area contributed by atoms with E-state index in [0.717, 1.165) is 6.42 Å². The fourth-order valence-electron chi connectivity index (χ4n) is 2.51. The largest absolute Gasteiger partial charge is 0.490 e. The third-order valence-electron chi connectivity index (χ3n) is 4.03. The van der Waals surface area contributed by atoms with Gasteiger partial charge in [0.15, 0.2) is 0 Å². The molecule has 1 atom stereocenters. The Morgan fingerprint density at radius 2 is 2.00 bits per heavy atom. The van der Waals surface area contributed by atoms with Gasteiger partial charge in [0.05, 0.1) is 6.61 Å². The van der Waals surface area contributed by atoms with E-state index in [0.29, 0.717) is 38.6 Å². The first kappa shape index (κ1) is 20.2. The minimum Gasteiger partial charge on any atom is -0.490 e. The summed E-state index contributed by atoms with van der Waals surface area (Å²) < 4.78 is 37.7. The van der Waals surface area contributed by atoms with Crippen LogP contribution in [0.4, 0.5) is 0 Å². The van der Waals surface area contributed by atoms with Crippen molar-refractivity contribution in [1.29, 1.82) is 0 Å². The van der Waals surface area contributed by atoms with Crippen LogP contribution in [0.2, 0.25) is 0 Å². The molecule has 0 saturated carbocycles. The normalized spacial score (nSPS) is 21.9. The van der Waals surface area contributed by atoms with Crippen LogP contribution >= 0.6 is 12.4 Å². The number of methoxy groups -OCH3 is 1. The van der Waals surface area contributed by atoms with Crippen molar-refractivity contribution in [2.75, 3.05) is 40.0 Å². The second-order valence-corrected chi connectivity index (χ2v) is 7.80. The molecular formula is C15H25ClN2O4S. The number of benzene rings is 1. The van der Waals surface area contributed by atoms with Crippen molar-refractivity contribution in [2.24, 2.45) is 11.1 Å². The zero-order valence-corrected chi connectivity index (χ0v) is 15.2. The number of ether oxygens (including phenoxy) is 2. The van der Waals surface area contributed by atoms with E-state index in [1.807, 2.05) is 6.92 Å². The summed E-state index contributed by atoms with van der Waals surface area (Å²) in [5, 5.41) is 0. The van der Waals surface area contributed by atoms with Crippen LogP contribution in [0.5, 0.6) is 5.75 Å². The molecule has 132 valence electrons. The number of nitrogens with zero attached hydrogens (tertiary/aromatic N) is 1. The summed E-state index contributed by atoms with van der Waals surface area (Å²) >= 11 is 0. The van der Waals surface area contributed by atoms with Crippen LogP contribution in [0.1, 0.15) is 13.3 Å². The summed E-state index contributed by atoms with van der Waals surface area (Å²) in [7, 11) is -2.00. The highest BCUT2D eigenvalue weighted by atomic mass is 35.5. The molecule has 1 saturated heterocycles. The molecule has 1 aliphatic rings. The standard InChI is InChI=1S/C15H24N2O4S.ClH/c1-15(11-16)7-8-17(12-15)22(18,19)14-6-4-3-5-13(14)21-10-9-20-2;/h3-6H,7-12,16H2,1-2H3;1H. The Labute approximate surface area is 144 Å². The Hall–Kier alpha value is -0.860. The van der Waals surface area contributed by atoms with Gasteiger partial charge < -0.3 is 15.2 Å². The van der Waals surface area contributed by atoms with Gasteiger partial charge in [-0.25, -0.2) is 8.42 Å². The van der Waals surface area contributed by atoms with Crippen molar-refractivity contribution < 1.29 is 17.9 Å². The number of rotatable bonds is 7. The van der Waals surface area contributed by atoms with Gasteiger partial charge in [-0.3, -0.25) is 0 Å². The number of hydrogen-bond acceptors (Lipinski definition) is 5. The predicted octanol–water partition coefficient (Wildman–Crippen LogP) is 1.49. The monoisotopic (exact) mass is 364 g/mol. The molecule has 1 aromatic carbocycles. The van der Waals surface area contributed by atoms with Gasteiger partial charge in [0.25, 0.3) is 0 Å². The lowest BCUT2D eigenvalue weighted by Crippen LogP contribution is -2.34. The minimum atomic E-state index is -3.58. The van der Waals surface area contributed by atoms with E-state index in [2.05, 4.69) is 0 Å². The topological polar surface area (TPSA) is 81.9 Å². The molecule has 1 unspecified atom stereocenters. The van der Waals surface area contributed by atoms with E-state index in [-0.39, 0.29) is 22.7 Å². The Morgan fingerprint density at radius 1 is 1.30 bits per heavy atom. The second kappa shape index (κ2) is 8.30. The van der Waals surface area contributed by atoms with Crippen molar-refractivity contribution in [2.45, 2.75) is 18.2 Å². The molecule has 0 amide bonds. The first-order valence-electron chi connectivity index (χ1n) is 7.34. The number of nitrogens with two attached hydrogens (primary N) is 1. The summed E-state index contributed by atoms with van der Waals surface area (Å²) in [4.78, 5) is 0.201. The van der Waals surface area contributed by atoms with Crippen LogP contribution in [0.3, 0.4) is 0 Å². The molecule has 1 aromatic rings. The molecule has 6 nitrogen and oxygen atoms in total. The fourth-order valence-corrected chi connectivity index (χ4v) is 4.23. The average molecular weight is 365 g/mol. The van der Waals surface area contributed by atoms with Crippen LogP contribution in [-0.2, 0) is 14.8 Å². The van der Waals surface area contributed by atoms with Gasteiger partial charge >= 0.3 is 0 Å². The summed E-state index contributed by atoms with van der Waals surface area (Å²) in [6, 6.07) is 6.71. The molecule has 0 aliphatic carbocycles. The molecule has 1 heterocycles. The van der Waals surface area contributed by atoms with E-state index in [1.165, 1.54) is 4.31 Å². The smallest absolute Gasteiger partial charge is 0.246 e. The number of hydrogen-bond donors (Lipinski definition) is 1.